The van der Waals surface area contributed by atoms with E-state index in [-0.39, 0.29) is 0 Å². The molecule has 1 saturated heterocycles. The summed E-state index contributed by atoms with van der Waals surface area (Å²) < 4.78 is 0. The highest BCUT2D eigenvalue weighted by atomic mass is 15.1. The van der Waals surface area contributed by atoms with Gasteiger partial charge in [-0.15, -0.1) is 0 Å². The molecule has 0 aromatic rings. The summed E-state index contributed by atoms with van der Waals surface area (Å²) >= 11 is 0. The third kappa shape index (κ3) is 4.97. The molecular weight excluding hydrogens is 172 g/mol. The van der Waals surface area contributed by atoms with Gasteiger partial charge in [0, 0.05) is 0 Å². The molecule has 84 valence electrons. The second-order valence-electron chi connectivity index (χ2n) is 5.13. The third-order valence-corrected chi connectivity index (χ3v) is 3.17. The van der Waals surface area contributed by atoms with Crippen LogP contribution in [0.1, 0.15) is 33.1 Å². The van der Waals surface area contributed by atoms with E-state index >= 15 is 0 Å². The Morgan fingerprint density at radius 3 is 2.71 bits per heavy atom. The summed E-state index contributed by atoms with van der Waals surface area (Å²) in [5.74, 6) is 1.78. The van der Waals surface area contributed by atoms with Gasteiger partial charge in [-0.1, -0.05) is 13.8 Å². The van der Waals surface area contributed by atoms with Crippen molar-refractivity contribution in [2.75, 3.05) is 33.2 Å². The Hall–Kier alpha value is -0.0800. The van der Waals surface area contributed by atoms with E-state index in [1.54, 1.807) is 0 Å². The van der Waals surface area contributed by atoms with Crippen LogP contribution in [0.4, 0.5) is 0 Å². The van der Waals surface area contributed by atoms with Crippen molar-refractivity contribution in [2.45, 2.75) is 33.1 Å². The van der Waals surface area contributed by atoms with E-state index in [4.69, 9.17) is 0 Å². The zero-order valence-corrected chi connectivity index (χ0v) is 10.1. The van der Waals surface area contributed by atoms with Crippen LogP contribution < -0.4 is 5.32 Å². The Morgan fingerprint density at radius 1 is 1.36 bits per heavy atom. The van der Waals surface area contributed by atoms with Crippen molar-refractivity contribution in [3.63, 3.8) is 0 Å². The van der Waals surface area contributed by atoms with Crippen LogP contribution >= 0.6 is 0 Å². The lowest BCUT2D eigenvalue weighted by molar-refractivity contribution is 0.287. The molecule has 1 aliphatic heterocycles. The van der Waals surface area contributed by atoms with Gasteiger partial charge < -0.3 is 10.2 Å². The Morgan fingerprint density at radius 2 is 2.14 bits per heavy atom. The van der Waals surface area contributed by atoms with Crippen LogP contribution in [0.3, 0.4) is 0 Å². The summed E-state index contributed by atoms with van der Waals surface area (Å²) in [6.45, 7) is 9.62. The predicted molar refractivity (Wildman–Crippen MR) is 62.5 cm³/mol. The predicted octanol–water partition coefficient (Wildman–Crippen LogP) is 1.96. The van der Waals surface area contributed by atoms with Gasteiger partial charge in [0.05, 0.1) is 0 Å². The molecule has 1 unspecified atom stereocenters. The average Bonchev–Trinajstić information content (AvgIpc) is 2.63. The maximum absolute atomic E-state index is 3.43. The van der Waals surface area contributed by atoms with Gasteiger partial charge >= 0.3 is 0 Å². The van der Waals surface area contributed by atoms with E-state index in [9.17, 15) is 0 Å². The standard InChI is InChI=1S/C12H26N2/c1-11(2)5-8-14(3)9-6-12-4-7-13-10-12/h11-13H,4-10H2,1-3H3. The van der Waals surface area contributed by atoms with Gasteiger partial charge in [-0.3, -0.25) is 0 Å². The number of rotatable bonds is 6. The largest absolute Gasteiger partial charge is 0.316 e. The first-order chi connectivity index (χ1) is 6.68. The molecule has 0 aromatic heterocycles. The highest BCUT2D eigenvalue weighted by Gasteiger charge is 2.14. The van der Waals surface area contributed by atoms with Crippen LogP contribution in [-0.4, -0.2) is 38.1 Å². The van der Waals surface area contributed by atoms with E-state index in [0.717, 1.165) is 11.8 Å². The number of hydrogen-bond donors (Lipinski definition) is 1. The van der Waals surface area contributed by atoms with Gasteiger partial charge in [-0.2, -0.15) is 0 Å². The van der Waals surface area contributed by atoms with Crippen LogP contribution in [0, 0.1) is 11.8 Å². The van der Waals surface area contributed by atoms with Crippen molar-refractivity contribution in [3.8, 4) is 0 Å². The van der Waals surface area contributed by atoms with Crippen LogP contribution in [0.15, 0.2) is 0 Å². The molecule has 2 heteroatoms. The van der Waals surface area contributed by atoms with Gasteiger partial charge in [-0.25, -0.2) is 0 Å². The van der Waals surface area contributed by atoms with Crippen LogP contribution in [-0.2, 0) is 0 Å². The fourth-order valence-corrected chi connectivity index (χ4v) is 1.95. The fourth-order valence-electron chi connectivity index (χ4n) is 1.95. The summed E-state index contributed by atoms with van der Waals surface area (Å²) in [6.07, 6.45) is 4.10. The normalized spacial score (nSPS) is 22.5. The first-order valence-electron chi connectivity index (χ1n) is 6.07. The van der Waals surface area contributed by atoms with E-state index in [1.165, 1.54) is 45.4 Å². The monoisotopic (exact) mass is 198 g/mol. The summed E-state index contributed by atoms with van der Waals surface area (Å²) in [4.78, 5) is 2.48. The highest BCUT2D eigenvalue weighted by Crippen LogP contribution is 2.12. The molecule has 1 heterocycles. The molecule has 1 fully saturated rings. The molecule has 2 nitrogen and oxygen atoms in total. The zero-order valence-electron chi connectivity index (χ0n) is 10.1. The lowest BCUT2D eigenvalue weighted by Gasteiger charge is -2.19. The summed E-state index contributed by atoms with van der Waals surface area (Å²) in [6, 6.07) is 0. The van der Waals surface area contributed by atoms with Crippen molar-refractivity contribution in [1.82, 2.24) is 10.2 Å². The minimum atomic E-state index is 0.839. The van der Waals surface area contributed by atoms with Gasteiger partial charge in [0.1, 0.15) is 0 Å². The second kappa shape index (κ2) is 6.41. The lowest BCUT2D eigenvalue weighted by atomic mass is 10.0. The highest BCUT2D eigenvalue weighted by molar-refractivity contribution is 4.72. The third-order valence-electron chi connectivity index (χ3n) is 3.17. The minimum Gasteiger partial charge on any atom is -0.316 e. The molecule has 0 radical (unpaired) electrons. The number of nitrogens with zero attached hydrogens (tertiary/aromatic N) is 1. The quantitative estimate of drug-likeness (QED) is 0.702. The number of hydrogen-bond acceptors (Lipinski definition) is 2. The first kappa shape index (κ1) is 12.0. The van der Waals surface area contributed by atoms with E-state index < -0.39 is 0 Å². The summed E-state index contributed by atoms with van der Waals surface area (Å²) in [7, 11) is 2.25. The van der Waals surface area contributed by atoms with Crippen LogP contribution in [0.5, 0.6) is 0 Å². The molecule has 1 rings (SSSR count). The molecule has 0 aromatic carbocycles. The van der Waals surface area contributed by atoms with Crippen molar-refractivity contribution in [3.05, 3.63) is 0 Å². The van der Waals surface area contributed by atoms with Crippen molar-refractivity contribution in [2.24, 2.45) is 11.8 Å². The zero-order chi connectivity index (χ0) is 10.4. The van der Waals surface area contributed by atoms with Crippen molar-refractivity contribution >= 4 is 0 Å². The average molecular weight is 198 g/mol. The SMILES string of the molecule is CC(C)CCN(C)CCC1CCNC1. The molecule has 0 bridgehead atoms. The van der Waals surface area contributed by atoms with E-state index in [1.807, 2.05) is 0 Å². The fraction of sp³-hybridized carbons (Fsp3) is 1.00. The van der Waals surface area contributed by atoms with Gasteiger partial charge in [0.25, 0.3) is 0 Å². The second-order valence-corrected chi connectivity index (χ2v) is 5.13. The van der Waals surface area contributed by atoms with Crippen LogP contribution in [0.25, 0.3) is 0 Å². The molecule has 1 N–H and O–H groups in total. The Labute approximate surface area is 89.1 Å². The molecule has 1 atom stereocenters. The molecule has 0 saturated carbocycles. The Kier molecular flexibility index (Phi) is 5.49. The van der Waals surface area contributed by atoms with Gasteiger partial charge in [0.2, 0.25) is 0 Å². The molecule has 0 spiro atoms. The van der Waals surface area contributed by atoms with Gasteiger partial charge in [-0.05, 0) is 64.3 Å². The topological polar surface area (TPSA) is 15.3 Å². The summed E-state index contributed by atoms with van der Waals surface area (Å²) in [5, 5.41) is 3.43. The maximum atomic E-state index is 3.43. The van der Waals surface area contributed by atoms with Crippen LogP contribution in [0.2, 0.25) is 0 Å². The van der Waals surface area contributed by atoms with E-state index in [0.29, 0.717) is 0 Å². The lowest BCUT2D eigenvalue weighted by Crippen LogP contribution is -2.24. The minimum absolute atomic E-state index is 0.839. The smallest absolute Gasteiger partial charge is 0.00187 e. The molecule has 1 aliphatic rings. The number of nitrogens with one attached hydrogen (secondary N) is 1. The Balaban J connectivity index is 1.99. The summed E-state index contributed by atoms with van der Waals surface area (Å²) in [5.41, 5.74) is 0. The molecule has 14 heavy (non-hydrogen) atoms. The molecule has 0 amide bonds. The van der Waals surface area contributed by atoms with Crippen molar-refractivity contribution in [1.29, 1.82) is 0 Å². The van der Waals surface area contributed by atoms with Gasteiger partial charge in [0.15, 0.2) is 0 Å². The maximum Gasteiger partial charge on any atom is -0.00187 e. The Bertz CT molecular complexity index is 139. The molecular formula is C12H26N2. The van der Waals surface area contributed by atoms with Crippen molar-refractivity contribution < 1.29 is 0 Å². The first-order valence-corrected chi connectivity index (χ1v) is 6.07. The van der Waals surface area contributed by atoms with E-state index in [2.05, 4.69) is 31.1 Å². The molecule has 0 aliphatic carbocycles.